The number of ether oxygens (including phenoxy) is 1. The predicted octanol–water partition coefficient (Wildman–Crippen LogP) is 5.00. The first-order chi connectivity index (χ1) is 15.6. The Hall–Kier alpha value is -2.97. The number of esters is 1. The zero-order chi connectivity index (χ0) is 24.2. The summed E-state index contributed by atoms with van der Waals surface area (Å²) >= 11 is 6.51. The molecule has 6 nitrogen and oxygen atoms in total. The van der Waals surface area contributed by atoms with E-state index in [0.717, 1.165) is 5.56 Å². The summed E-state index contributed by atoms with van der Waals surface area (Å²) in [5.41, 5.74) is 3.06. The minimum atomic E-state index is -0.423. The highest BCUT2D eigenvalue weighted by Crippen LogP contribution is 2.33. The van der Waals surface area contributed by atoms with Gasteiger partial charge in [-0.25, -0.2) is 4.79 Å². The van der Waals surface area contributed by atoms with Crippen LogP contribution in [0, 0.1) is 0 Å². The van der Waals surface area contributed by atoms with E-state index >= 15 is 0 Å². The number of thiocarbonyl (C=S) groups is 1. The van der Waals surface area contributed by atoms with Gasteiger partial charge in [0.25, 0.3) is 5.91 Å². The predicted molar refractivity (Wildman–Crippen MR) is 136 cm³/mol. The van der Waals surface area contributed by atoms with E-state index in [4.69, 9.17) is 17.0 Å². The van der Waals surface area contributed by atoms with Gasteiger partial charge in [-0.1, -0.05) is 69.0 Å². The van der Waals surface area contributed by atoms with E-state index in [2.05, 4.69) is 26.1 Å². The minimum Gasteiger partial charge on any atom is -0.462 e. The normalized spacial score (nSPS) is 15.2. The molecule has 0 radical (unpaired) electrons. The molecule has 1 saturated heterocycles. The minimum absolute atomic E-state index is 0.0501. The van der Waals surface area contributed by atoms with Crippen molar-refractivity contribution in [3.05, 3.63) is 70.1 Å². The lowest BCUT2D eigenvalue weighted by Gasteiger charge is -2.18. The van der Waals surface area contributed by atoms with Gasteiger partial charge in [-0.05, 0) is 53.8 Å². The molecule has 1 aliphatic heterocycles. The monoisotopic (exact) mass is 482 g/mol. The van der Waals surface area contributed by atoms with Crippen LogP contribution in [0.1, 0.15) is 49.2 Å². The first-order valence-electron chi connectivity index (χ1n) is 10.5. The topological polar surface area (TPSA) is 75.7 Å². The van der Waals surface area contributed by atoms with Gasteiger partial charge in [0.1, 0.15) is 10.9 Å². The van der Waals surface area contributed by atoms with Crippen molar-refractivity contribution in [2.45, 2.75) is 33.1 Å². The molecule has 1 N–H and O–H groups in total. The Morgan fingerprint density at radius 3 is 2.30 bits per heavy atom. The van der Waals surface area contributed by atoms with E-state index in [1.54, 1.807) is 37.3 Å². The number of rotatable bonds is 6. The molecule has 0 unspecified atom stereocenters. The third-order valence-electron chi connectivity index (χ3n) is 4.93. The molecule has 33 heavy (non-hydrogen) atoms. The van der Waals surface area contributed by atoms with Crippen LogP contribution in [0.25, 0.3) is 6.08 Å². The van der Waals surface area contributed by atoms with Crippen molar-refractivity contribution in [1.29, 1.82) is 0 Å². The smallest absolute Gasteiger partial charge is 0.338 e. The van der Waals surface area contributed by atoms with Crippen molar-refractivity contribution in [1.82, 2.24) is 4.90 Å². The third kappa shape index (κ3) is 6.30. The number of nitrogens with zero attached hydrogens (tertiary/aromatic N) is 1. The Morgan fingerprint density at radius 2 is 1.73 bits per heavy atom. The van der Waals surface area contributed by atoms with E-state index in [1.807, 2.05) is 24.3 Å². The number of hydrogen-bond donors (Lipinski definition) is 1. The second kappa shape index (κ2) is 10.3. The van der Waals surface area contributed by atoms with E-state index in [1.165, 1.54) is 22.2 Å². The molecule has 8 heteroatoms. The molecule has 2 aromatic rings. The van der Waals surface area contributed by atoms with Crippen LogP contribution in [-0.4, -0.2) is 40.2 Å². The fourth-order valence-electron chi connectivity index (χ4n) is 3.12. The molecule has 172 valence electrons. The maximum atomic E-state index is 12.8. The lowest BCUT2D eigenvalue weighted by Crippen LogP contribution is -2.36. The Morgan fingerprint density at radius 1 is 1.09 bits per heavy atom. The molecule has 0 aliphatic carbocycles. The summed E-state index contributed by atoms with van der Waals surface area (Å²) in [6.07, 6.45) is 1.79. The molecule has 0 bridgehead atoms. The van der Waals surface area contributed by atoms with Crippen LogP contribution in [0.15, 0.2) is 53.4 Å². The van der Waals surface area contributed by atoms with Crippen molar-refractivity contribution in [2.75, 3.05) is 18.5 Å². The summed E-state index contributed by atoms with van der Waals surface area (Å²) in [5.74, 6) is -1.10. The highest BCUT2D eigenvalue weighted by atomic mass is 32.2. The van der Waals surface area contributed by atoms with Crippen molar-refractivity contribution >= 4 is 57.8 Å². The van der Waals surface area contributed by atoms with Gasteiger partial charge >= 0.3 is 5.97 Å². The number of nitrogens with one attached hydrogen (secondary N) is 1. The molecular weight excluding hydrogens is 456 g/mol. The number of thioether (sulfide) groups is 1. The summed E-state index contributed by atoms with van der Waals surface area (Å²) in [5, 5.41) is 2.72. The molecule has 2 aromatic carbocycles. The van der Waals surface area contributed by atoms with Crippen molar-refractivity contribution in [2.24, 2.45) is 0 Å². The fourth-order valence-corrected chi connectivity index (χ4v) is 4.37. The van der Waals surface area contributed by atoms with Crippen LogP contribution >= 0.6 is 24.0 Å². The highest BCUT2D eigenvalue weighted by Gasteiger charge is 2.33. The van der Waals surface area contributed by atoms with Crippen molar-refractivity contribution in [3.63, 3.8) is 0 Å². The van der Waals surface area contributed by atoms with Crippen LogP contribution in [0.4, 0.5) is 5.69 Å². The first kappa shape index (κ1) is 24.7. The molecule has 2 amide bonds. The van der Waals surface area contributed by atoms with Crippen LogP contribution < -0.4 is 5.32 Å². The zero-order valence-electron chi connectivity index (χ0n) is 19.0. The van der Waals surface area contributed by atoms with Gasteiger partial charge in [0.15, 0.2) is 0 Å². The van der Waals surface area contributed by atoms with Crippen molar-refractivity contribution < 1.29 is 19.1 Å². The average Bonchev–Trinajstić information content (AvgIpc) is 3.01. The molecule has 0 atom stereocenters. The van der Waals surface area contributed by atoms with Gasteiger partial charge in [0.05, 0.1) is 17.1 Å². The lowest BCUT2D eigenvalue weighted by molar-refractivity contribution is -0.126. The van der Waals surface area contributed by atoms with Gasteiger partial charge in [-0.3, -0.25) is 14.5 Å². The second-order valence-electron chi connectivity index (χ2n) is 8.49. The fraction of sp³-hybridized carbons (Fsp3) is 0.280. The number of benzene rings is 2. The quantitative estimate of drug-likeness (QED) is 0.355. The van der Waals surface area contributed by atoms with Gasteiger partial charge < -0.3 is 10.1 Å². The van der Waals surface area contributed by atoms with Gasteiger partial charge in [0, 0.05) is 5.69 Å². The van der Waals surface area contributed by atoms with Crippen LogP contribution in [0.2, 0.25) is 0 Å². The van der Waals surface area contributed by atoms with E-state index in [-0.39, 0.29) is 30.4 Å². The standard InChI is InChI=1S/C25H26N2O4S2/c1-5-31-23(30)17-8-12-19(13-9-17)26-21(28)15-27-22(29)20(33-24(27)32)14-16-6-10-18(11-7-16)25(2,3)4/h6-14H,5,15H2,1-4H3,(H,26,28)/b20-14-. The number of carbonyl (C=O) groups excluding carboxylic acids is 3. The Kier molecular flexibility index (Phi) is 7.71. The average molecular weight is 483 g/mol. The summed E-state index contributed by atoms with van der Waals surface area (Å²) in [6, 6.07) is 14.4. The van der Waals surface area contributed by atoms with E-state index < -0.39 is 5.97 Å². The Balaban J connectivity index is 1.63. The van der Waals surface area contributed by atoms with Crippen LogP contribution in [-0.2, 0) is 19.7 Å². The largest absolute Gasteiger partial charge is 0.462 e. The Labute approximate surface area is 203 Å². The lowest BCUT2D eigenvalue weighted by atomic mass is 9.87. The van der Waals surface area contributed by atoms with Gasteiger partial charge in [-0.2, -0.15) is 0 Å². The molecular formula is C25H26N2O4S2. The van der Waals surface area contributed by atoms with Crippen molar-refractivity contribution in [3.8, 4) is 0 Å². The zero-order valence-corrected chi connectivity index (χ0v) is 20.6. The van der Waals surface area contributed by atoms with E-state index in [9.17, 15) is 14.4 Å². The summed E-state index contributed by atoms with van der Waals surface area (Å²) in [6.45, 7) is 8.27. The number of anilines is 1. The maximum absolute atomic E-state index is 12.8. The van der Waals surface area contributed by atoms with E-state index in [0.29, 0.717) is 20.5 Å². The second-order valence-corrected chi connectivity index (χ2v) is 10.2. The first-order valence-corrected chi connectivity index (χ1v) is 11.7. The summed E-state index contributed by atoms with van der Waals surface area (Å²) in [7, 11) is 0. The molecule has 1 aliphatic rings. The molecule has 1 heterocycles. The molecule has 3 rings (SSSR count). The molecule has 1 fully saturated rings. The summed E-state index contributed by atoms with van der Waals surface area (Å²) in [4.78, 5) is 38.8. The van der Waals surface area contributed by atoms with Crippen LogP contribution in [0.3, 0.4) is 0 Å². The maximum Gasteiger partial charge on any atom is 0.338 e. The van der Waals surface area contributed by atoms with Crippen LogP contribution in [0.5, 0.6) is 0 Å². The summed E-state index contributed by atoms with van der Waals surface area (Å²) < 4.78 is 5.28. The number of amides is 2. The molecule has 0 spiro atoms. The highest BCUT2D eigenvalue weighted by molar-refractivity contribution is 8.26. The number of hydrogen-bond acceptors (Lipinski definition) is 6. The van der Waals surface area contributed by atoms with Gasteiger partial charge in [0.2, 0.25) is 5.91 Å². The van der Waals surface area contributed by atoms with Gasteiger partial charge in [-0.15, -0.1) is 0 Å². The Bertz CT molecular complexity index is 1100. The third-order valence-corrected chi connectivity index (χ3v) is 6.31. The molecule has 0 saturated carbocycles. The number of carbonyl (C=O) groups is 3. The molecule has 0 aromatic heterocycles. The SMILES string of the molecule is CCOC(=O)c1ccc(NC(=O)CN2C(=O)/C(=C/c3ccc(C(C)(C)C)cc3)SC2=S)cc1.